The van der Waals surface area contributed by atoms with Crippen molar-refractivity contribution < 1.29 is 28.8 Å². The smallest absolute Gasteiger partial charge is 0.407 e. The zero-order chi connectivity index (χ0) is 15.1. The summed E-state index contributed by atoms with van der Waals surface area (Å²) in [5.41, 5.74) is -0.564. The number of amides is 1. The Morgan fingerprint density at radius 3 is 2.55 bits per heavy atom. The lowest BCUT2D eigenvalue weighted by Crippen LogP contribution is -2.42. The van der Waals surface area contributed by atoms with Crippen molar-refractivity contribution in [2.75, 3.05) is 6.54 Å². The quantitative estimate of drug-likeness (QED) is 0.780. The first-order valence-corrected chi connectivity index (χ1v) is 6.73. The molecule has 20 heavy (non-hydrogen) atoms. The maximum atomic E-state index is 11.5. The standard InChI is InChI=1S/C13H23NO6/c1-12(2,3)20-11(16)14-6-7-8(15)9-10(17-7)19-13(4,5)18-9/h7-10,15H,6H2,1-5H3,(H,14,16)/t7-,8+,9-,10-/m1/s1. The third kappa shape index (κ3) is 3.60. The SMILES string of the molecule is CC(C)(C)OC(=O)NC[C@H]1O[C@@H]2OC(C)(C)O[C@@H]2[C@H]1O. The van der Waals surface area contributed by atoms with Crippen LogP contribution in [0, 0.1) is 0 Å². The van der Waals surface area contributed by atoms with Crippen molar-refractivity contribution in [3.05, 3.63) is 0 Å². The summed E-state index contributed by atoms with van der Waals surface area (Å²) in [5, 5.41) is 12.7. The lowest BCUT2D eigenvalue weighted by atomic mass is 10.1. The van der Waals surface area contributed by atoms with E-state index in [1.165, 1.54) is 0 Å². The normalized spacial score (nSPS) is 35.7. The van der Waals surface area contributed by atoms with Crippen molar-refractivity contribution in [2.45, 2.75) is 70.6 Å². The molecule has 0 aliphatic carbocycles. The third-order valence-corrected chi connectivity index (χ3v) is 2.96. The minimum Gasteiger partial charge on any atom is -0.444 e. The molecule has 0 saturated carbocycles. The molecule has 7 heteroatoms. The van der Waals surface area contributed by atoms with Crippen molar-refractivity contribution in [2.24, 2.45) is 0 Å². The fraction of sp³-hybridized carbons (Fsp3) is 0.923. The van der Waals surface area contributed by atoms with Crippen LogP contribution in [0.5, 0.6) is 0 Å². The summed E-state index contributed by atoms with van der Waals surface area (Å²) in [4.78, 5) is 11.5. The van der Waals surface area contributed by atoms with Gasteiger partial charge in [-0.2, -0.15) is 0 Å². The maximum Gasteiger partial charge on any atom is 0.407 e. The highest BCUT2D eigenvalue weighted by Crippen LogP contribution is 2.37. The number of nitrogens with one attached hydrogen (secondary N) is 1. The number of rotatable bonds is 2. The van der Waals surface area contributed by atoms with Crippen LogP contribution >= 0.6 is 0 Å². The molecule has 0 unspecified atom stereocenters. The molecule has 0 spiro atoms. The highest BCUT2D eigenvalue weighted by molar-refractivity contribution is 5.67. The highest BCUT2D eigenvalue weighted by Gasteiger charge is 2.54. The van der Waals surface area contributed by atoms with Crippen molar-refractivity contribution in [1.82, 2.24) is 5.32 Å². The number of aliphatic hydroxyl groups is 1. The van der Waals surface area contributed by atoms with Gasteiger partial charge in [-0.05, 0) is 34.6 Å². The minimum atomic E-state index is -0.850. The molecule has 2 rings (SSSR count). The fourth-order valence-corrected chi connectivity index (χ4v) is 2.23. The maximum absolute atomic E-state index is 11.5. The van der Waals surface area contributed by atoms with Crippen molar-refractivity contribution in [3.63, 3.8) is 0 Å². The van der Waals surface area contributed by atoms with Gasteiger partial charge in [-0.3, -0.25) is 0 Å². The van der Waals surface area contributed by atoms with Gasteiger partial charge in [-0.1, -0.05) is 0 Å². The summed E-state index contributed by atoms with van der Waals surface area (Å²) in [7, 11) is 0. The molecule has 0 aromatic carbocycles. The molecule has 2 aliphatic heterocycles. The van der Waals surface area contributed by atoms with E-state index in [2.05, 4.69) is 5.32 Å². The van der Waals surface area contributed by atoms with E-state index in [0.29, 0.717) is 0 Å². The van der Waals surface area contributed by atoms with E-state index in [1.807, 2.05) is 0 Å². The summed E-state index contributed by atoms with van der Waals surface area (Å²) in [5.74, 6) is -0.764. The van der Waals surface area contributed by atoms with E-state index in [1.54, 1.807) is 34.6 Å². The predicted octanol–water partition coefficient (Wildman–Crippen LogP) is 0.748. The Morgan fingerprint density at radius 2 is 2.00 bits per heavy atom. The van der Waals surface area contributed by atoms with Gasteiger partial charge in [0.05, 0.1) is 0 Å². The lowest BCUT2D eigenvalue weighted by molar-refractivity contribution is -0.214. The number of hydrogen-bond donors (Lipinski definition) is 2. The Morgan fingerprint density at radius 1 is 1.35 bits per heavy atom. The van der Waals surface area contributed by atoms with Crippen LogP contribution in [-0.4, -0.2) is 53.7 Å². The number of ether oxygens (including phenoxy) is 4. The molecule has 0 radical (unpaired) electrons. The Balaban J connectivity index is 1.81. The van der Waals surface area contributed by atoms with Crippen LogP contribution in [0.2, 0.25) is 0 Å². The van der Waals surface area contributed by atoms with Gasteiger partial charge in [0.1, 0.15) is 23.9 Å². The second-order valence-electron chi connectivity index (χ2n) is 6.52. The summed E-state index contributed by atoms with van der Waals surface area (Å²) >= 11 is 0. The average molecular weight is 289 g/mol. The van der Waals surface area contributed by atoms with E-state index in [-0.39, 0.29) is 6.54 Å². The Kier molecular flexibility index (Phi) is 3.98. The number of alkyl carbamates (subject to hydrolysis) is 1. The van der Waals surface area contributed by atoms with Gasteiger partial charge in [0, 0.05) is 6.54 Å². The van der Waals surface area contributed by atoms with Crippen LogP contribution in [0.4, 0.5) is 4.79 Å². The molecule has 116 valence electrons. The van der Waals surface area contributed by atoms with Crippen LogP contribution in [0.3, 0.4) is 0 Å². The first kappa shape index (κ1) is 15.5. The number of fused-ring (bicyclic) bond motifs is 1. The molecule has 2 fully saturated rings. The first-order valence-electron chi connectivity index (χ1n) is 6.73. The molecular formula is C13H23NO6. The summed E-state index contributed by atoms with van der Waals surface area (Å²) in [6.45, 7) is 8.99. The predicted molar refractivity (Wildman–Crippen MR) is 68.9 cm³/mol. The molecule has 2 N–H and O–H groups in total. The molecule has 0 aromatic heterocycles. The Bertz CT molecular complexity index is 378. The molecule has 0 bridgehead atoms. The molecule has 7 nitrogen and oxygen atoms in total. The van der Waals surface area contributed by atoms with Gasteiger partial charge in [-0.15, -0.1) is 0 Å². The summed E-state index contributed by atoms with van der Waals surface area (Å²) < 4.78 is 21.7. The van der Waals surface area contributed by atoms with Gasteiger partial charge >= 0.3 is 6.09 Å². The Hall–Kier alpha value is -0.890. The van der Waals surface area contributed by atoms with Crippen LogP contribution in [0.25, 0.3) is 0 Å². The highest BCUT2D eigenvalue weighted by atomic mass is 16.8. The van der Waals surface area contributed by atoms with Gasteiger partial charge in [0.25, 0.3) is 0 Å². The van der Waals surface area contributed by atoms with Gasteiger partial charge < -0.3 is 29.4 Å². The fourth-order valence-electron chi connectivity index (χ4n) is 2.23. The summed E-state index contributed by atoms with van der Waals surface area (Å²) in [6.07, 6.45) is -3.11. The molecule has 1 amide bonds. The number of aliphatic hydroxyl groups excluding tert-OH is 1. The molecular weight excluding hydrogens is 266 g/mol. The molecule has 2 heterocycles. The number of carbonyl (C=O) groups is 1. The van der Waals surface area contributed by atoms with Gasteiger partial charge in [0.2, 0.25) is 0 Å². The van der Waals surface area contributed by atoms with Crippen LogP contribution in [0.15, 0.2) is 0 Å². The largest absolute Gasteiger partial charge is 0.444 e. The molecule has 2 aliphatic rings. The molecule has 2 saturated heterocycles. The van der Waals surface area contributed by atoms with Crippen molar-refractivity contribution in [3.8, 4) is 0 Å². The van der Waals surface area contributed by atoms with Crippen molar-refractivity contribution in [1.29, 1.82) is 0 Å². The third-order valence-electron chi connectivity index (χ3n) is 2.96. The second kappa shape index (κ2) is 5.14. The number of carbonyl (C=O) groups excluding carboxylic acids is 1. The zero-order valence-electron chi connectivity index (χ0n) is 12.5. The Labute approximate surface area is 118 Å². The van der Waals surface area contributed by atoms with Crippen LogP contribution < -0.4 is 5.32 Å². The van der Waals surface area contributed by atoms with E-state index < -0.39 is 42.1 Å². The average Bonchev–Trinajstić information content (AvgIpc) is 2.68. The summed E-state index contributed by atoms with van der Waals surface area (Å²) in [6, 6.07) is 0. The monoisotopic (exact) mass is 289 g/mol. The van der Waals surface area contributed by atoms with E-state index in [9.17, 15) is 9.90 Å². The number of hydrogen-bond acceptors (Lipinski definition) is 6. The van der Waals surface area contributed by atoms with Crippen LogP contribution in [-0.2, 0) is 18.9 Å². The second-order valence-corrected chi connectivity index (χ2v) is 6.52. The minimum absolute atomic E-state index is 0.135. The molecule has 4 atom stereocenters. The van der Waals surface area contributed by atoms with Crippen molar-refractivity contribution >= 4 is 6.09 Å². The van der Waals surface area contributed by atoms with Gasteiger partial charge in [-0.25, -0.2) is 4.79 Å². The van der Waals surface area contributed by atoms with Gasteiger partial charge in [0.15, 0.2) is 12.1 Å². The lowest BCUT2D eigenvalue weighted by Gasteiger charge is -2.24. The van der Waals surface area contributed by atoms with E-state index >= 15 is 0 Å². The first-order chi connectivity index (χ1) is 9.07. The zero-order valence-corrected chi connectivity index (χ0v) is 12.5. The van der Waals surface area contributed by atoms with E-state index in [0.717, 1.165) is 0 Å². The van der Waals surface area contributed by atoms with E-state index in [4.69, 9.17) is 18.9 Å². The topological polar surface area (TPSA) is 86.3 Å². The molecule has 0 aromatic rings. The van der Waals surface area contributed by atoms with Crippen LogP contribution in [0.1, 0.15) is 34.6 Å².